The maximum atomic E-state index is 14.7. The molecule has 0 heterocycles. The number of rotatable bonds is 3. The SMILES string of the molecule is NC(=O)C1C=CC=CC1(F)NC1CCCC1O. The van der Waals surface area contributed by atoms with E-state index in [4.69, 9.17) is 5.73 Å². The number of nitrogens with one attached hydrogen (secondary N) is 1. The molecule has 0 radical (unpaired) electrons. The Labute approximate surface area is 99.4 Å². The number of aliphatic hydroxyl groups excluding tert-OH is 1. The molecule has 2 aliphatic rings. The maximum Gasteiger partial charge on any atom is 0.229 e. The molecular formula is C12H17FN2O2. The summed E-state index contributed by atoms with van der Waals surface area (Å²) in [6.45, 7) is 0. The van der Waals surface area contributed by atoms with Crippen LogP contribution in [0.25, 0.3) is 0 Å². The third-order valence-corrected chi connectivity index (χ3v) is 3.40. The molecule has 0 bridgehead atoms. The lowest BCUT2D eigenvalue weighted by molar-refractivity contribution is -0.124. The average molecular weight is 240 g/mol. The summed E-state index contributed by atoms with van der Waals surface area (Å²) in [6, 6.07) is -0.321. The molecule has 4 nitrogen and oxygen atoms in total. The topological polar surface area (TPSA) is 75.4 Å². The molecule has 2 aliphatic carbocycles. The summed E-state index contributed by atoms with van der Waals surface area (Å²) in [7, 11) is 0. The van der Waals surface area contributed by atoms with Crippen molar-refractivity contribution < 1.29 is 14.3 Å². The maximum absolute atomic E-state index is 14.7. The summed E-state index contributed by atoms with van der Waals surface area (Å²) in [6.07, 6.45) is 7.52. The number of allylic oxidation sites excluding steroid dienone is 2. The van der Waals surface area contributed by atoms with Crippen LogP contribution in [0.3, 0.4) is 0 Å². The second-order valence-corrected chi connectivity index (χ2v) is 4.64. The predicted molar refractivity (Wildman–Crippen MR) is 61.6 cm³/mol. The summed E-state index contributed by atoms with van der Waals surface area (Å²) < 4.78 is 14.7. The van der Waals surface area contributed by atoms with Gasteiger partial charge < -0.3 is 10.8 Å². The highest BCUT2D eigenvalue weighted by molar-refractivity contribution is 5.80. The molecule has 1 saturated carbocycles. The fraction of sp³-hybridized carbons (Fsp3) is 0.583. The molecular weight excluding hydrogens is 223 g/mol. The van der Waals surface area contributed by atoms with Crippen LogP contribution in [0.15, 0.2) is 24.3 Å². The second kappa shape index (κ2) is 4.58. The van der Waals surface area contributed by atoms with E-state index in [2.05, 4.69) is 5.32 Å². The van der Waals surface area contributed by atoms with Crippen LogP contribution >= 0.6 is 0 Å². The number of nitrogens with two attached hydrogens (primary N) is 1. The van der Waals surface area contributed by atoms with Gasteiger partial charge in [0.25, 0.3) is 0 Å². The minimum atomic E-state index is -1.99. The van der Waals surface area contributed by atoms with Crippen LogP contribution in [0.2, 0.25) is 0 Å². The van der Waals surface area contributed by atoms with Gasteiger partial charge in [-0.1, -0.05) is 18.2 Å². The molecule has 4 atom stereocenters. The molecule has 0 aromatic heterocycles. The van der Waals surface area contributed by atoms with E-state index in [1.165, 1.54) is 18.2 Å². The van der Waals surface area contributed by atoms with Crippen molar-refractivity contribution in [2.24, 2.45) is 11.7 Å². The fourth-order valence-corrected chi connectivity index (χ4v) is 2.45. The Balaban J connectivity index is 2.13. The number of carbonyl (C=O) groups excluding carboxylic acids is 1. The zero-order valence-corrected chi connectivity index (χ0v) is 9.47. The molecule has 94 valence electrons. The highest BCUT2D eigenvalue weighted by atomic mass is 19.1. The van der Waals surface area contributed by atoms with E-state index in [1.807, 2.05) is 0 Å². The van der Waals surface area contributed by atoms with E-state index in [1.54, 1.807) is 6.08 Å². The average Bonchev–Trinajstić information content (AvgIpc) is 2.64. The van der Waals surface area contributed by atoms with Gasteiger partial charge in [-0.2, -0.15) is 0 Å². The van der Waals surface area contributed by atoms with Crippen molar-refractivity contribution >= 4 is 5.91 Å². The number of primary amides is 1. The van der Waals surface area contributed by atoms with Crippen LogP contribution in [-0.4, -0.2) is 29.0 Å². The fourth-order valence-electron chi connectivity index (χ4n) is 2.45. The number of aliphatic hydroxyl groups is 1. The van der Waals surface area contributed by atoms with Crippen molar-refractivity contribution in [2.45, 2.75) is 37.2 Å². The molecule has 1 amide bonds. The molecule has 4 unspecified atom stereocenters. The van der Waals surface area contributed by atoms with Crippen LogP contribution in [0, 0.1) is 5.92 Å². The molecule has 17 heavy (non-hydrogen) atoms. The van der Waals surface area contributed by atoms with Gasteiger partial charge in [-0.15, -0.1) is 0 Å². The van der Waals surface area contributed by atoms with Crippen LogP contribution in [-0.2, 0) is 4.79 Å². The minimum Gasteiger partial charge on any atom is -0.392 e. The van der Waals surface area contributed by atoms with Gasteiger partial charge in [-0.3, -0.25) is 10.1 Å². The van der Waals surface area contributed by atoms with Gasteiger partial charge in [0.05, 0.1) is 6.10 Å². The summed E-state index contributed by atoms with van der Waals surface area (Å²) in [5, 5.41) is 12.4. The molecule has 0 aliphatic heterocycles. The van der Waals surface area contributed by atoms with Gasteiger partial charge in [0.1, 0.15) is 5.92 Å². The molecule has 0 saturated heterocycles. The quantitative estimate of drug-likeness (QED) is 0.624. The number of carbonyl (C=O) groups is 1. The van der Waals surface area contributed by atoms with Gasteiger partial charge in [0.2, 0.25) is 5.91 Å². The Kier molecular flexibility index (Phi) is 3.31. The monoisotopic (exact) mass is 240 g/mol. The first-order chi connectivity index (χ1) is 8.03. The molecule has 0 aromatic rings. The van der Waals surface area contributed by atoms with Crippen LogP contribution in [0.1, 0.15) is 19.3 Å². The number of alkyl halides is 1. The van der Waals surface area contributed by atoms with E-state index in [0.29, 0.717) is 12.8 Å². The van der Waals surface area contributed by atoms with Gasteiger partial charge in [-0.25, -0.2) is 4.39 Å². The first kappa shape index (κ1) is 12.3. The molecule has 4 N–H and O–H groups in total. The number of hydrogen-bond acceptors (Lipinski definition) is 3. The minimum absolute atomic E-state index is 0.321. The Morgan fingerprint density at radius 2 is 2.24 bits per heavy atom. The van der Waals surface area contributed by atoms with Gasteiger partial charge >= 0.3 is 0 Å². The van der Waals surface area contributed by atoms with Crippen LogP contribution in [0.4, 0.5) is 4.39 Å². The highest BCUT2D eigenvalue weighted by Gasteiger charge is 2.43. The van der Waals surface area contributed by atoms with E-state index in [-0.39, 0.29) is 6.04 Å². The first-order valence-corrected chi connectivity index (χ1v) is 5.83. The standard InChI is InChI=1S/C12H17FN2O2/c13-12(15-9-5-3-6-10(9)16)7-2-1-4-8(12)11(14)17/h1-2,4,7-10,15-16H,3,5-6H2,(H2,14,17). The van der Waals surface area contributed by atoms with Crippen molar-refractivity contribution in [1.82, 2.24) is 5.32 Å². The third kappa shape index (κ3) is 2.40. The summed E-state index contributed by atoms with van der Waals surface area (Å²) in [5.74, 6) is -3.73. The Hall–Kier alpha value is -1.20. The van der Waals surface area contributed by atoms with E-state index in [0.717, 1.165) is 6.42 Å². The lowest BCUT2D eigenvalue weighted by atomic mass is 9.91. The van der Waals surface area contributed by atoms with Crippen LogP contribution < -0.4 is 11.1 Å². The van der Waals surface area contributed by atoms with Gasteiger partial charge in [-0.05, 0) is 25.3 Å². The molecule has 5 heteroatoms. The lowest BCUT2D eigenvalue weighted by Crippen LogP contribution is -2.56. The van der Waals surface area contributed by atoms with Gasteiger partial charge in [0, 0.05) is 6.04 Å². The van der Waals surface area contributed by atoms with Crippen molar-refractivity contribution in [3.05, 3.63) is 24.3 Å². The zero-order chi connectivity index (χ0) is 12.5. The summed E-state index contributed by atoms with van der Waals surface area (Å²) in [5.41, 5.74) is 5.19. The normalized spacial score (nSPS) is 40.7. The number of halogens is 1. The van der Waals surface area contributed by atoms with Gasteiger partial charge in [0.15, 0.2) is 5.79 Å². The Morgan fingerprint density at radius 3 is 2.82 bits per heavy atom. The number of amides is 1. The third-order valence-electron chi connectivity index (χ3n) is 3.40. The highest BCUT2D eigenvalue weighted by Crippen LogP contribution is 2.30. The van der Waals surface area contributed by atoms with E-state index < -0.39 is 23.7 Å². The molecule has 0 spiro atoms. The largest absolute Gasteiger partial charge is 0.392 e. The van der Waals surface area contributed by atoms with E-state index in [9.17, 15) is 14.3 Å². The van der Waals surface area contributed by atoms with E-state index >= 15 is 0 Å². The first-order valence-electron chi connectivity index (χ1n) is 5.83. The van der Waals surface area contributed by atoms with Crippen molar-refractivity contribution in [1.29, 1.82) is 0 Å². The van der Waals surface area contributed by atoms with Crippen molar-refractivity contribution in [3.63, 3.8) is 0 Å². The van der Waals surface area contributed by atoms with Crippen molar-refractivity contribution in [2.75, 3.05) is 0 Å². The predicted octanol–water partition coefficient (Wildman–Crippen LogP) is 0.383. The van der Waals surface area contributed by atoms with Crippen LogP contribution in [0.5, 0.6) is 0 Å². The molecule has 1 fully saturated rings. The molecule has 0 aromatic carbocycles. The lowest BCUT2D eigenvalue weighted by Gasteiger charge is -2.33. The Bertz CT molecular complexity index is 370. The zero-order valence-electron chi connectivity index (χ0n) is 9.47. The smallest absolute Gasteiger partial charge is 0.229 e. The summed E-state index contributed by atoms with van der Waals surface area (Å²) in [4.78, 5) is 11.2. The summed E-state index contributed by atoms with van der Waals surface area (Å²) >= 11 is 0. The second-order valence-electron chi connectivity index (χ2n) is 4.64. The number of hydrogen-bond donors (Lipinski definition) is 3. The van der Waals surface area contributed by atoms with Crippen molar-refractivity contribution in [3.8, 4) is 0 Å². The molecule has 2 rings (SSSR count). The Morgan fingerprint density at radius 1 is 1.47 bits per heavy atom.